The Labute approximate surface area is 87.1 Å². The molecule has 4 N–H and O–H groups in total. The molecule has 0 fully saturated rings. The molecule has 1 aromatic heterocycles. The van der Waals surface area contributed by atoms with Crippen molar-refractivity contribution >= 4 is 23.4 Å². The molecule has 0 aliphatic heterocycles. The largest absolute Gasteiger partial charge is 0.397 e. The Morgan fingerprint density at radius 1 is 1.57 bits per heavy atom. The van der Waals surface area contributed by atoms with Gasteiger partial charge >= 0.3 is 0 Å². The quantitative estimate of drug-likeness (QED) is 0.737. The van der Waals surface area contributed by atoms with Crippen LogP contribution in [0.2, 0.25) is 0 Å². The molecular weight excluding hydrogens is 198 g/mol. The first-order chi connectivity index (χ1) is 6.50. The topological polar surface area (TPSA) is 82.0 Å². The summed E-state index contributed by atoms with van der Waals surface area (Å²) in [6.07, 6.45) is 1.46. The molecule has 1 aromatic rings. The maximum absolute atomic E-state index is 11.0. The monoisotopic (exact) mass is 211 g/mol. The third kappa shape index (κ3) is 2.63. The van der Waals surface area contributed by atoms with E-state index in [9.17, 15) is 4.79 Å². The highest BCUT2D eigenvalue weighted by molar-refractivity contribution is 7.99. The second-order valence-electron chi connectivity index (χ2n) is 3.14. The van der Waals surface area contributed by atoms with Crippen LogP contribution in [0.4, 0.5) is 5.69 Å². The zero-order valence-corrected chi connectivity index (χ0v) is 8.97. The minimum absolute atomic E-state index is 0.325. The molecule has 0 unspecified atom stereocenters. The Balaban J connectivity index is 3.00. The van der Waals surface area contributed by atoms with Crippen LogP contribution in [0.5, 0.6) is 0 Å². The van der Waals surface area contributed by atoms with Crippen molar-refractivity contribution in [3.63, 3.8) is 0 Å². The van der Waals surface area contributed by atoms with Gasteiger partial charge in [-0.2, -0.15) is 0 Å². The summed E-state index contributed by atoms with van der Waals surface area (Å²) in [5.74, 6) is -0.518. The van der Waals surface area contributed by atoms with Gasteiger partial charge in [0.05, 0.1) is 22.5 Å². The molecule has 0 atom stereocenters. The average Bonchev–Trinajstić information content (AvgIpc) is 2.07. The molecular formula is C9H13N3OS. The smallest absolute Gasteiger partial charge is 0.250 e. The third-order valence-electron chi connectivity index (χ3n) is 1.53. The molecule has 1 amide bonds. The number of aromatic nitrogens is 1. The number of nitrogens with two attached hydrogens (primary N) is 2. The fourth-order valence-electron chi connectivity index (χ4n) is 0.966. The van der Waals surface area contributed by atoms with Crippen molar-refractivity contribution in [3.8, 4) is 0 Å². The number of hydrogen-bond acceptors (Lipinski definition) is 4. The standard InChI is InChI=1S/C9H13N3OS/c1-5(2)14-8-3-6(9(11)13)7(10)4-12-8/h3-5H,10H2,1-2H3,(H2,11,13). The van der Waals surface area contributed by atoms with Crippen molar-refractivity contribution in [2.45, 2.75) is 24.1 Å². The highest BCUT2D eigenvalue weighted by Crippen LogP contribution is 2.23. The highest BCUT2D eigenvalue weighted by atomic mass is 32.2. The van der Waals surface area contributed by atoms with E-state index in [1.807, 2.05) is 13.8 Å². The predicted molar refractivity (Wildman–Crippen MR) is 58.2 cm³/mol. The Bertz CT molecular complexity index is 352. The number of primary amides is 1. The lowest BCUT2D eigenvalue weighted by Crippen LogP contribution is -2.14. The number of amides is 1. The van der Waals surface area contributed by atoms with E-state index in [0.29, 0.717) is 16.5 Å². The van der Waals surface area contributed by atoms with E-state index in [1.165, 1.54) is 6.20 Å². The first kappa shape index (κ1) is 10.8. The first-order valence-electron chi connectivity index (χ1n) is 4.22. The SMILES string of the molecule is CC(C)Sc1cc(C(N)=O)c(N)cn1. The van der Waals surface area contributed by atoms with Gasteiger partial charge in [0.25, 0.3) is 5.91 Å². The zero-order chi connectivity index (χ0) is 10.7. The molecule has 0 bridgehead atoms. The summed E-state index contributed by atoms with van der Waals surface area (Å²) in [5, 5.41) is 1.18. The first-order valence-corrected chi connectivity index (χ1v) is 5.10. The second-order valence-corrected chi connectivity index (χ2v) is 4.74. The van der Waals surface area contributed by atoms with Crippen molar-refractivity contribution in [3.05, 3.63) is 17.8 Å². The average molecular weight is 211 g/mol. The number of thioether (sulfide) groups is 1. The minimum Gasteiger partial charge on any atom is -0.397 e. The summed E-state index contributed by atoms with van der Waals surface area (Å²) in [5.41, 5.74) is 11.4. The van der Waals surface area contributed by atoms with E-state index in [1.54, 1.807) is 17.8 Å². The molecule has 0 aliphatic carbocycles. The normalized spacial score (nSPS) is 10.5. The predicted octanol–water partition coefficient (Wildman–Crippen LogP) is 1.26. The summed E-state index contributed by atoms with van der Waals surface area (Å²) in [6.45, 7) is 4.10. The van der Waals surface area contributed by atoms with Crippen LogP contribution in [-0.2, 0) is 0 Å². The number of rotatable bonds is 3. The lowest BCUT2D eigenvalue weighted by molar-refractivity contribution is 0.100. The van der Waals surface area contributed by atoms with Crippen LogP contribution < -0.4 is 11.5 Å². The van der Waals surface area contributed by atoms with Crippen LogP contribution in [0.15, 0.2) is 17.3 Å². The van der Waals surface area contributed by atoms with Gasteiger partial charge in [-0.1, -0.05) is 13.8 Å². The number of anilines is 1. The van der Waals surface area contributed by atoms with Crippen molar-refractivity contribution < 1.29 is 4.79 Å². The molecule has 5 heteroatoms. The number of pyridine rings is 1. The Morgan fingerprint density at radius 2 is 2.21 bits per heavy atom. The van der Waals surface area contributed by atoms with Crippen molar-refractivity contribution in [2.75, 3.05) is 5.73 Å². The van der Waals surface area contributed by atoms with Gasteiger partial charge in [0.15, 0.2) is 0 Å². The fourth-order valence-corrected chi connectivity index (χ4v) is 1.75. The molecule has 14 heavy (non-hydrogen) atoms. The Hall–Kier alpha value is -1.23. The molecule has 0 aliphatic rings. The number of hydrogen-bond donors (Lipinski definition) is 2. The molecule has 4 nitrogen and oxygen atoms in total. The maximum Gasteiger partial charge on any atom is 0.250 e. The van der Waals surface area contributed by atoms with Crippen LogP contribution in [-0.4, -0.2) is 16.1 Å². The van der Waals surface area contributed by atoms with Gasteiger partial charge in [-0.3, -0.25) is 4.79 Å². The highest BCUT2D eigenvalue weighted by Gasteiger charge is 2.08. The number of carbonyl (C=O) groups is 1. The Kier molecular flexibility index (Phi) is 3.35. The second kappa shape index (κ2) is 4.32. The molecule has 0 saturated heterocycles. The Morgan fingerprint density at radius 3 is 2.71 bits per heavy atom. The van der Waals surface area contributed by atoms with Gasteiger partial charge in [0.1, 0.15) is 0 Å². The zero-order valence-electron chi connectivity index (χ0n) is 8.15. The van der Waals surface area contributed by atoms with Crippen molar-refractivity contribution in [2.24, 2.45) is 5.73 Å². The minimum atomic E-state index is -0.518. The van der Waals surface area contributed by atoms with Crippen LogP contribution in [0.25, 0.3) is 0 Å². The van der Waals surface area contributed by atoms with Gasteiger partial charge in [-0.15, -0.1) is 11.8 Å². The summed E-state index contributed by atoms with van der Waals surface area (Å²) in [7, 11) is 0. The lowest BCUT2D eigenvalue weighted by Gasteiger charge is -2.06. The van der Waals surface area contributed by atoms with Gasteiger partial charge in [-0.05, 0) is 6.07 Å². The van der Waals surface area contributed by atoms with Crippen LogP contribution in [0.3, 0.4) is 0 Å². The molecule has 0 spiro atoms. The van der Waals surface area contributed by atoms with Crippen molar-refractivity contribution in [1.82, 2.24) is 4.98 Å². The summed E-state index contributed by atoms with van der Waals surface area (Å²) < 4.78 is 0. The van der Waals surface area contributed by atoms with Gasteiger partial charge < -0.3 is 11.5 Å². The van der Waals surface area contributed by atoms with E-state index >= 15 is 0 Å². The van der Waals surface area contributed by atoms with E-state index in [2.05, 4.69) is 4.98 Å². The summed E-state index contributed by atoms with van der Waals surface area (Å²) in [4.78, 5) is 15.1. The van der Waals surface area contributed by atoms with E-state index < -0.39 is 5.91 Å². The molecule has 0 saturated carbocycles. The van der Waals surface area contributed by atoms with Gasteiger partial charge in [0.2, 0.25) is 0 Å². The molecule has 1 heterocycles. The summed E-state index contributed by atoms with van der Waals surface area (Å²) >= 11 is 1.56. The number of nitrogen functional groups attached to an aromatic ring is 1. The third-order valence-corrected chi connectivity index (χ3v) is 2.47. The number of carbonyl (C=O) groups excluding carboxylic acids is 1. The molecule has 1 rings (SSSR count). The van der Waals surface area contributed by atoms with E-state index in [0.717, 1.165) is 5.03 Å². The van der Waals surface area contributed by atoms with Crippen LogP contribution in [0.1, 0.15) is 24.2 Å². The van der Waals surface area contributed by atoms with E-state index in [4.69, 9.17) is 11.5 Å². The summed E-state index contributed by atoms with van der Waals surface area (Å²) in [6, 6.07) is 1.63. The van der Waals surface area contributed by atoms with Gasteiger partial charge in [0, 0.05) is 5.25 Å². The van der Waals surface area contributed by atoms with Crippen molar-refractivity contribution in [1.29, 1.82) is 0 Å². The molecule has 0 aromatic carbocycles. The molecule has 76 valence electrons. The lowest BCUT2D eigenvalue weighted by atomic mass is 10.2. The fraction of sp³-hybridized carbons (Fsp3) is 0.333. The van der Waals surface area contributed by atoms with E-state index in [-0.39, 0.29) is 0 Å². The van der Waals surface area contributed by atoms with Crippen LogP contribution in [0, 0.1) is 0 Å². The van der Waals surface area contributed by atoms with Crippen LogP contribution >= 0.6 is 11.8 Å². The molecule has 0 radical (unpaired) electrons. The number of nitrogens with zero attached hydrogens (tertiary/aromatic N) is 1. The maximum atomic E-state index is 11.0. The van der Waals surface area contributed by atoms with Gasteiger partial charge in [-0.25, -0.2) is 4.98 Å².